The third-order valence-electron chi connectivity index (χ3n) is 3.98. The molecule has 6 nitrogen and oxygen atoms in total. The smallest absolute Gasteiger partial charge is 0.338 e. The lowest BCUT2D eigenvalue weighted by molar-refractivity contribution is -0.124. The minimum absolute atomic E-state index is 0.217. The number of ether oxygens (including phenoxy) is 2. The van der Waals surface area contributed by atoms with Crippen molar-refractivity contribution in [1.29, 1.82) is 0 Å². The number of nitrogens with zero attached hydrogens (tertiary/aromatic N) is 1. The van der Waals surface area contributed by atoms with Crippen LogP contribution in [-0.2, 0) is 20.8 Å². The van der Waals surface area contributed by atoms with Gasteiger partial charge in [0.2, 0.25) is 0 Å². The number of benzene rings is 1. The summed E-state index contributed by atoms with van der Waals surface area (Å²) in [5.74, 6) is -0.696. The van der Waals surface area contributed by atoms with Crippen LogP contribution < -0.4 is 5.32 Å². The molecule has 3 rings (SSSR count). The van der Waals surface area contributed by atoms with Crippen molar-refractivity contribution < 1.29 is 19.1 Å². The number of hydrogen-bond acceptors (Lipinski definition) is 5. The number of morpholine rings is 1. The molecule has 1 aliphatic carbocycles. The van der Waals surface area contributed by atoms with E-state index in [2.05, 4.69) is 10.2 Å². The molecule has 1 aromatic carbocycles. The molecule has 124 valence electrons. The fourth-order valence-electron chi connectivity index (χ4n) is 2.48. The zero-order valence-corrected chi connectivity index (χ0v) is 13.1. The SMILES string of the molecule is O=C(COC(=O)c1ccc(CN2CCOCC2)cc1)NC1CC1. The van der Waals surface area contributed by atoms with Gasteiger partial charge in [0.15, 0.2) is 6.61 Å². The van der Waals surface area contributed by atoms with Crippen LogP contribution in [0.1, 0.15) is 28.8 Å². The number of esters is 1. The number of amides is 1. The lowest BCUT2D eigenvalue weighted by atomic mass is 10.1. The van der Waals surface area contributed by atoms with E-state index in [1.165, 1.54) is 0 Å². The van der Waals surface area contributed by atoms with Gasteiger partial charge in [-0.2, -0.15) is 0 Å². The normalized spacial score (nSPS) is 18.4. The van der Waals surface area contributed by atoms with Gasteiger partial charge in [0.1, 0.15) is 0 Å². The summed E-state index contributed by atoms with van der Waals surface area (Å²) in [5, 5.41) is 2.78. The molecule has 23 heavy (non-hydrogen) atoms. The van der Waals surface area contributed by atoms with E-state index in [0.29, 0.717) is 5.56 Å². The molecule has 2 aliphatic rings. The molecule has 6 heteroatoms. The van der Waals surface area contributed by atoms with E-state index in [9.17, 15) is 9.59 Å². The van der Waals surface area contributed by atoms with Crippen LogP contribution in [-0.4, -0.2) is 55.7 Å². The van der Waals surface area contributed by atoms with Crippen molar-refractivity contribution in [1.82, 2.24) is 10.2 Å². The second-order valence-electron chi connectivity index (χ2n) is 6.00. The molecule has 0 spiro atoms. The Kier molecular flexibility index (Phi) is 5.25. The summed E-state index contributed by atoms with van der Waals surface area (Å²) in [6.45, 7) is 4.04. The summed E-state index contributed by atoms with van der Waals surface area (Å²) >= 11 is 0. The monoisotopic (exact) mass is 318 g/mol. The van der Waals surface area contributed by atoms with Crippen LogP contribution in [0.4, 0.5) is 0 Å². The topological polar surface area (TPSA) is 67.9 Å². The molecule has 1 saturated heterocycles. The Morgan fingerprint density at radius 2 is 1.87 bits per heavy atom. The van der Waals surface area contributed by atoms with E-state index >= 15 is 0 Å². The Morgan fingerprint density at radius 1 is 1.17 bits per heavy atom. The second-order valence-corrected chi connectivity index (χ2v) is 6.00. The Labute approximate surface area is 135 Å². The standard InChI is InChI=1S/C17H22N2O4/c20-16(18-15-5-6-15)12-23-17(21)14-3-1-13(2-4-14)11-19-7-9-22-10-8-19/h1-4,15H,5-12H2,(H,18,20). The highest BCUT2D eigenvalue weighted by atomic mass is 16.5. The Hall–Kier alpha value is -1.92. The van der Waals surface area contributed by atoms with Gasteiger partial charge in [0, 0.05) is 25.7 Å². The van der Waals surface area contributed by atoms with Gasteiger partial charge in [-0.15, -0.1) is 0 Å². The average molecular weight is 318 g/mol. The molecule has 1 amide bonds. The fraction of sp³-hybridized carbons (Fsp3) is 0.529. The van der Waals surface area contributed by atoms with Gasteiger partial charge in [0.25, 0.3) is 5.91 Å². The summed E-state index contributed by atoms with van der Waals surface area (Å²) < 4.78 is 10.4. The largest absolute Gasteiger partial charge is 0.452 e. The summed E-state index contributed by atoms with van der Waals surface area (Å²) in [7, 11) is 0. The van der Waals surface area contributed by atoms with Crippen molar-refractivity contribution in [2.75, 3.05) is 32.9 Å². The quantitative estimate of drug-likeness (QED) is 0.791. The van der Waals surface area contributed by atoms with Crippen LogP contribution in [0.2, 0.25) is 0 Å². The van der Waals surface area contributed by atoms with Gasteiger partial charge >= 0.3 is 5.97 Å². The van der Waals surface area contributed by atoms with Crippen LogP contribution in [0.25, 0.3) is 0 Å². The van der Waals surface area contributed by atoms with Gasteiger partial charge in [-0.05, 0) is 30.5 Å². The number of nitrogens with one attached hydrogen (secondary N) is 1. The summed E-state index contributed by atoms with van der Waals surface area (Å²) in [5.41, 5.74) is 1.62. The molecular formula is C17H22N2O4. The maximum atomic E-state index is 11.9. The van der Waals surface area contributed by atoms with E-state index in [4.69, 9.17) is 9.47 Å². The van der Waals surface area contributed by atoms with E-state index in [0.717, 1.165) is 51.3 Å². The van der Waals surface area contributed by atoms with Gasteiger partial charge in [-0.25, -0.2) is 4.79 Å². The lowest BCUT2D eigenvalue weighted by Crippen LogP contribution is -2.35. The fourth-order valence-corrected chi connectivity index (χ4v) is 2.48. The second kappa shape index (κ2) is 7.57. The van der Waals surface area contributed by atoms with Crippen molar-refractivity contribution in [2.45, 2.75) is 25.4 Å². The van der Waals surface area contributed by atoms with E-state index < -0.39 is 5.97 Å². The molecule has 0 radical (unpaired) electrons. The molecule has 0 atom stereocenters. The van der Waals surface area contributed by atoms with Crippen molar-refractivity contribution in [3.8, 4) is 0 Å². The van der Waals surface area contributed by atoms with Gasteiger partial charge in [0.05, 0.1) is 18.8 Å². The van der Waals surface area contributed by atoms with Gasteiger partial charge in [-0.1, -0.05) is 12.1 Å². The third kappa shape index (κ3) is 5.04. The average Bonchev–Trinajstić information content (AvgIpc) is 3.38. The highest BCUT2D eigenvalue weighted by molar-refractivity contribution is 5.91. The molecule has 1 heterocycles. The van der Waals surface area contributed by atoms with Crippen LogP contribution in [0.3, 0.4) is 0 Å². The predicted octanol–water partition coefficient (Wildman–Crippen LogP) is 0.954. The number of rotatable bonds is 6. The Balaban J connectivity index is 1.45. The number of hydrogen-bond donors (Lipinski definition) is 1. The maximum Gasteiger partial charge on any atom is 0.338 e. The van der Waals surface area contributed by atoms with Gasteiger partial charge < -0.3 is 14.8 Å². The zero-order valence-electron chi connectivity index (χ0n) is 13.1. The molecule has 1 N–H and O–H groups in total. The molecule has 0 unspecified atom stereocenters. The van der Waals surface area contributed by atoms with Crippen molar-refractivity contribution >= 4 is 11.9 Å². The van der Waals surface area contributed by atoms with Gasteiger partial charge in [-0.3, -0.25) is 9.69 Å². The molecule has 0 aromatic heterocycles. The van der Waals surface area contributed by atoms with E-state index in [1.54, 1.807) is 12.1 Å². The minimum atomic E-state index is -0.464. The number of carbonyl (C=O) groups excluding carboxylic acids is 2. The summed E-state index contributed by atoms with van der Waals surface area (Å²) in [4.78, 5) is 25.7. The maximum absolute atomic E-state index is 11.9. The van der Waals surface area contributed by atoms with E-state index in [-0.39, 0.29) is 18.6 Å². The highest BCUT2D eigenvalue weighted by Gasteiger charge is 2.23. The molecular weight excluding hydrogens is 296 g/mol. The highest BCUT2D eigenvalue weighted by Crippen LogP contribution is 2.18. The van der Waals surface area contributed by atoms with Crippen LogP contribution in [0.15, 0.2) is 24.3 Å². The summed E-state index contributed by atoms with van der Waals surface area (Å²) in [6.07, 6.45) is 2.04. The Morgan fingerprint density at radius 3 is 2.52 bits per heavy atom. The molecule has 1 saturated carbocycles. The molecule has 1 aliphatic heterocycles. The molecule has 0 bridgehead atoms. The van der Waals surface area contributed by atoms with Crippen molar-refractivity contribution in [3.05, 3.63) is 35.4 Å². The van der Waals surface area contributed by atoms with Crippen LogP contribution >= 0.6 is 0 Å². The van der Waals surface area contributed by atoms with Crippen LogP contribution in [0.5, 0.6) is 0 Å². The lowest BCUT2D eigenvalue weighted by Gasteiger charge is -2.26. The zero-order chi connectivity index (χ0) is 16.1. The van der Waals surface area contributed by atoms with Crippen molar-refractivity contribution in [2.24, 2.45) is 0 Å². The minimum Gasteiger partial charge on any atom is -0.452 e. The first-order chi connectivity index (χ1) is 11.2. The number of carbonyl (C=O) groups is 2. The third-order valence-corrected chi connectivity index (χ3v) is 3.98. The molecule has 1 aromatic rings. The van der Waals surface area contributed by atoms with Crippen LogP contribution in [0, 0.1) is 0 Å². The Bertz CT molecular complexity index is 548. The summed E-state index contributed by atoms with van der Waals surface area (Å²) in [6, 6.07) is 7.63. The molecule has 2 fully saturated rings. The van der Waals surface area contributed by atoms with E-state index in [1.807, 2.05) is 12.1 Å². The first-order valence-corrected chi connectivity index (χ1v) is 8.06. The van der Waals surface area contributed by atoms with Crippen molar-refractivity contribution in [3.63, 3.8) is 0 Å². The first-order valence-electron chi connectivity index (χ1n) is 8.06. The predicted molar refractivity (Wildman–Crippen MR) is 84.0 cm³/mol. The first kappa shape index (κ1) is 16.0.